The smallest absolute Gasteiger partial charge is 0.0449 e. The zero-order valence-corrected chi connectivity index (χ0v) is 9.02. The van der Waals surface area contributed by atoms with E-state index in [1.165, 1.54) is 5.56 Å². The van der Waals surface area contributed by atoms with Crippen LogP contribution in [0.3, 0.4) is 0 Å². The second-order valence-electron chi connectivity index (χ2n) is 3.23. The average molecular weight is 196 g/mol. The van der Waals surface area contributed by atoms with E-state index in [0.717, 1.165) is 16.4 Å². The van der Waals surface area contributed by atoms with E-state index in [1.807, 2.05) is 37.1 Å². The first-order chi connectivity index (χ1) is 6.02. The van der Waals surface area contributed by atoms with Crippen molar-refractivity contribution in [1.29, 1.82) is 0 Å². The SMILES string of the molecule is C=C(C)N(C)c1cc(Cl)ccc1C. The van der Waals surface area contributed by atoms with Crippen molar-refractivity contribution >= 4 is 17.3 Å². The van der Waals surface area contributed by atoms with Gasteiger partial charge in [0.15, 0.2) is 0 Å². The maximum atomic E-state index is 5.91. The number of halogens is 1. The van der Waals surface area contributed by atoms with E-state index >= 15 is 0 Å². The zero-order valence-electron chi connectivity index (χ0n) is 8.26. The molecule has 0 heterocycles. The van der Waals surface area contributed by atoms with Gasteiger partial charge >= 0.3 is 0 Å². The first-order valence-corrected chi connectivity index (χ1v) is 4.55. The summed E-state index contributed by atoms with van der Waals surface area (Å²) in [7, 11) is 1.99. The molecule has 0 amide bonds. The Morgan fingerprint density at radius 3 is 2.62 bits per heavy atom. The highest BCUT2D eigenvalue weighted by Crippen LogP contribution is 2.25. The minimum atomic E-state index is 0.758. The molecule has 0 radical (unpaired) electrons. The number of rotatable bonds is 2. The van der Waals surface area contributed by atoms with Crippen molar-refractivity contribution in [2.45, 2.75) is 13.8 Å². The van der Waals surface area contributed by atoms with E-state index in [4.69, 9.17) is 11.6 Å². The van der Waals surface area contributed by atoms with E-state index in [9.17, 15) is 0 Å². The van der Waals surface area contributed by atoms with Crippen molar-refractivity contribution in [3.05, 3.63) is 41.1 Å². The van der Waals surface area contributed by atoms with Crippen LogP contribution in [-0.2, 0) is 0 Å². The molecule has 0 atom stereocenters. The molecule has 13 heavy (non-hydrogen) atoms. The van der Waals surface area contributed by atoms with Crippen molar-refractivity contribution in [2.75, 3.05) is 11.9 Å². The molecule has 1 rings (SSSR count). The molecule has 70 valence electrons. The fourth-order valence-electron chi connectivity index (χ4n) is 1.15. The molecule has 0 aliphatic rings. The van der Waals surface area contributed by atoms with Crippen LogP contribution in [0.5, 0.6) is 0 Å². The van der Waals surface area contributed by atoms with Crippen LogP contribution in [-0.4, -0.2) is 7.05 Å². The summed E-state index contributed by atoms with van der Waals surface area (Å²) in [6, 6.07) is 5.86. The van der Waals surface area contributed by atoms with E-state index in [0.29, 0.717) is 0 Å². The van der Waals surface area contributed by atoms with E-state index in [1.54, 1.807) is 0 Å². The Morgan fingerprint density at radius 1 is 1.46 bits per heavy atom. The third kappa shape index (κ3) is 2.25. The summed E-state index contributed by atoms with van der Waals surface area (Å²) in [4.78, 5) is 2.03. The quantitative estimate of drug-likeness (QED) is 0.697. The number of anilines is 1. The van der Waals surface area contributed by atoms with Crippen molar-refractivity contribution in [3.63, 3.8) is 0 Å². The predicted molar refractivity (Wildman–Crippen MR) is 59.4 cm³/mol. The summed E-state index contributed by atoms with van der Waals surface area (Å²) in [5.74, 6) is 0. The largest absolute Gasteiger partial charge is 0.349 e. The molecule has 0 unspecified atom stereocenters. The molecule has 0 saturated heterocycles. The number of hydrogen-bond donors (Lipinski definition) is 0. The normalized spacial score (nSPS) is 9.85. The lowest BCUT2D eigenvalue weighted by Crippen LogP contribution is -2.14. The number of benzene rings is 1. The molecule has 0 aliphatic carbocycles. The summed E-state index contributed by atoms with van der Waals surface area (Å²) in [5.41, 5.74) is 3.32. The van der Waals surface area contributed by atoms with Crippen molar-refractivity contribution in [1.82, 2.24) is 0 Å². The van der Waals surface area contributed by atoms with Gasteiger partial charge in [-0.2, -0.15) is 0 Å². The van der Waals surface area contributed by atoms with Crippen LogP contribution in [0.2, 0.25) is 5.02 Å². The molecule has 0 aliphatic heterocycles. The standard InChI is InChI=1S/C11H14ClN/c1-8(2)13(4)11-7-10(12)6-5-9(11)3/h5-7H,1H2,2-4H3. The second-order valence-corrected chi connectivity index (χ2v) is 3.66. The van der Waals surface area contributed by atoms with Gasteiger partial charge in [0, 0.05) is 23.5 Å². The lowest BCUT2D eigenvalue weighted by Gasteiger charge is -2.21. The molecule has 1 aromatic carbocycles. The number of hydrogen-bond acceptors (Lipinski definition) is 1. The molecule has 1 aromatic rings. The van der Waals surface area contributed by atoms with Crippen molar-refractivity contribution < 1.29 is 0 Å². The van der Waals surface area contributed by atoms with Gasteiger partial charge in [0.1, 0.15) is 0 Å². The monoisotopic (exact) mass is 195 g/mol. The van der Waals surface area contributed by atoms with Crippen molar-refractivity contribution in [3.8, 4) is 0 Å². The summed E-state index contributed by atoms with van der Waals surface area (Å²) in [6.07, 6.45) is 0. The Labute approximate surface area is 84.6 Å². The zero-order chi connectivity index (χ0) is 10.0. The minimum Gasteiger partial charge on any atom is -0.349 e. The molecular weight excluding hydrogens is 182 g/mol. The minimum absolute atomic E-state index is 0.758. The number of nitrogens with zero attached hydrogens (tertiary/aromatic N) is 1. The highest BCUT2D eigenvalue weighted by atomic mass is 35.5. The third-order valence-electron chi connectivity index (χ3n) is 2.11. The van der Waals surface area contributed by atoms with Gasteiger partial charge in [0.25, 0.3) is 0 Å². The molecule has 1 nitrogen and oxygen atoms in total. The Morgan fingerprint density at radius 2 is 2.08 bits per heavy atom. The van der Waals surface area contributed by atoms with Crippen LogP contribution in [0, 0.1) is 6.92 Å². The Balaban J connectivity index is 3.12. The highest BCUT2D eigenvalue weighted by molar-refractivity contribution is 6.30. The number of allylic oxidation sites excluding steroid dienone is 1. The Kier molecular flexibility index (Phi) is 2.99. The molecule has 2 heteroatoms. The van der Waals surface area contributed by atoms with Gasteiger partial charge in [-0.05, 0) is 31.5 Å². The summed E-state index contributed by atoms with van der Waals surface area (Å²) >= 11 is 5.91. The van der Waals surface area contributed by atoms with Gasteiger partial charge < -0.3 is 4.90 Å². The Hall–Kier alpha value is -0.950. The molecule has 0 aromatic heterocycles. The highest BCUT2D eigenvalue weighted by Gasteiger charge is 2.04. The van der Waals surface area contributed by atoms with Crippen LogP contribution in [0.1, 0.15) is 12.5 Å². The van der Waals surface area contributed by atoms with E-state index in [2.05, 4.69) is 13.5 Å². The summed E-state index contributed by atoms with van der Waals surface area (Å²) in [6.45, 7) is 7.92. The van der Waals surface area contributed by atoms with Crippen LogP contribution >= 0.6 is 11.6 Å². The third-order valence-corrected chi connectivity index (χ3v) is 2.34. The Bertz CT molecular complexity index is 331. The summed E-state index contributed by atoms with van der Waals surface area (Å²) in [5, 5.41) is 0.758. The molecule has 0 spiro atoms. The van der Waals surface area contributed by atoms with Gasteiger partial charge in [-0.15, -0.1) is 0 Å². The van der Waals surface area contributed by atoms with Gasteiger partial charge in [-0.25, -0.2) is 0 Å². The fraction of sp³-hybridized carbons (Fsp3) is 0.273. The van der Waals surface area contributed by atoms with Crippen LogP contribution < -0.4 is 4.90 Å². The lowest BCUT2D eigenvalue weighted by molar-refractivity contribution is 1.09. The van der Waals surface area contributed by atoms with E-state index < -0.39 is 0 Å². The summed E-state index contributed by atoms with van der Waals surface area (Å²) < 4.78 is 0. The second kappa shape index (κ2) is 3.84. The molecule has 0 bridgehead atoms. The molecular formula is C11H14ClN. The van der Waals surface area contributed by atoms with Gasteiger partial charge in [0.05, 0.1) is 0 Å². The molecule has 0 saturated carbocycles. The van der Waals surface area contributed by atoms with Crippen LogP contribution in [0.25, 0.3) is 0 Å². The van der Waals surface area contributed by atoms with Gasteiger partial charge in [-0.1, -0.05) is 24.2 Å². The topological polar surface area (TPSA) is 3.24 Å². The van der Waals surface area contributed by atoms with Crippen LogP contribution in [0.4, 0.5) is 5.69 Å². The van der Waals surface area contributed by atoms with Gasteiger partial charge in [-0.3, -0.25) is 0 Å². The van der Waals surface area contributed by atoms with Crippen molar-refractivity contribution in [2.24, 2.45) is 0 Å². The molecule has 0 fully saturated rings. The van der Waals surface area contributed by atoms with E-state index in [-0.39, 0.29) is 0 Å². The maximum Gasteiger partial charge on any atom is 0.0449 e. The lowest BCUT2D eigenvalue weighted by atomic mass is 10.2. The fourth-order valence-corrected chi connectivity index (χ4v) is 1.32. The average Bonchev–Trinajstić information content (AvgIpc) is 2.08. The first-order valence-electron chi connectivity index (χ1n) is 4.17. The van der Waals surface area contributed by atoms with Gasteiger partial charge in [0.2, 0.25) is 0 Å². The predicted octanol–water partition coefficient (Wildman–Crippen LogP) is 3.62. The molecule has 0 N–H and O–H groups in total. The number of aryl methyl sites for hydroxylation is 1. The maximum absolute atomic E-state index is 5.91. The van der Waals surface area contributed by atoms with Crippen LogP contribution in [0.15, 0.2) is 30.5 Å². The first kappa shape index (κ1) is 10.1.